The van der Waals surface area contributed by atoms with Gasteiger partial charge in [0.05, 0.1) is 25.2 Å². The maximum Gasteiger partial charge on any atom is 0.226 e. The third-order valence-electron chi connectivity index (χ3n) is 3.87. The van der Waals surface area contributed by atoms with Crippen molar-refractivity contribution in [3.05, 3.63) is 48.2 Å². The van der Waals surface area contributed by atoms with Crippen molar-refractivity contribution in [1.82, 2.24) is 4.90 Å². The number of hydrogen-bond donors (Lipinski definition) is 0. The van der Waals surface area contributed by atoms with E-state index in [0.717, 1.165) is 27.3 Å². The van der Waals surface area contributed by atoms with Crippen molar-refractivity contribution < 1.29 is 9.21 Å². The van der Waals surface area contributed by atoms with E-state index in [9.17, 15) is 4.79 Å². The number of hydrogen-bond acceptors (Lipinski definition) is 3. The summed E-state index contributed by atoms with van der Waals surface area (Å²) in [5.74, 6) is -0.00844. The Kier molecular flexibility index (Phi) is 3.80. The van der Waals surface area contributed by atoms with E-state index in [1.165, 1.54) is 0 Å². The monoisotopic (exact) mass is 292 g/mol. The topological polar surface area (TPSA) is 57.2 Å². The molecule has 110 valence electrons. The Labute approximate surface area is 128 Å². The van der Waals surface area contributed by atoms with Crippen LogP contribution in [0.5, 0.6) is 0 Å². The number of amides is 1. The van der Waals surface area contributed by atoms with Crippen LogP contribution in [0.3, 0.4) is 0 Å². The molecule has 0 aliphatic carbocycles. The molecule has 3 aromatic rings. The van der Waals surface area contributed by atoms with Crippen LogP contribution in [0.15, 0.2) is 47.1 Å². The Morgan fingerprint density at radius 3 is 2.91 bits per heavy atom. The molecule has 4 heteroatoms. The zero-order valence-corrected chi connectivity index (χ0v) is 12.4. The molecule has 0 saturated carbocycles. The molecule has 0 aliphatic rings. The van der Waals surface area contributed by atoms with E-state index in [2.05, 4.69) is 6.07 Å². The predicted octanol–water partition coefficient (Wildman–Crippen LogP) is 3.50. The van der Waals surface area contributed by atoms with Gasteiger partial charge in [0, 0.05) is 24.5 Å². The van der Waals surface area contributed by atoms with E-state index in [1.807, 2.05) is 36.4 Å². The Bertz CT molecular complexity index is 874. The van der Waals surface area contributed by atoms with Gasteiger partial charge in [0.25, 0.3) is 0 Å². The van der Waals surface area contributed by atoms with Crippen molar-refractivity contribution in [3.8, 4) is 6.07 Å². The minimum absolute atomic E-state index is 0.00844. The SMILES string of the molecule is CN(CCC#N)C(=O)Cc1coc2ccc3ccccc3c12. The lowest BCUT2D eigenvalue weighted by molar-refractivity contribution is -0.129. The maximum absolute atomic E-state index is 12.3. The second-order valence-corrected chi connectivity index (χ2v) is 5.32. The summed E-state index contributed by atoms with van der Waals surface area (Å²) < 4.78 is 5.60. The summed E-state index contributed by atoms with van der Waals surface area (Å²) in [5.41, 5.74) is 1.68. The molecule has 22 heavy (non-hydrogen) atoms. The molecule has 3 rings (SSSR count). The van der Waals surface area contributed by atoms with Gasteiger partial charge in [-0.25, -0.2) is 0 Å². The maximum atomic E-state index is 12.3. The number of fused-ring (bicyclic) bond motifs is 3. The van der Waals surface area contributed by atoms with E-state index in [1.54, 1.807) is 18.2 Å². The highest BCUT2D eigenvalue weighted by atomic mass is 16.3. The molecule has 0 spiro atoms. The molecule has 0 saturated heterocycles. The van der Waals surface area contributed by atoms with Crippen LogP contribution in [0, 0.1) is 11.3 Å². The summed E-state index contributed by atoms with van der Waals surface area (Å²) in [4.78, 5) is 13.9. The first-order chi connectivity index (χ1) is 10.7. The van der Waals surface area contributed by atoms with Crippen LogP contribution < -0.4 is 0 Å². The van der Waals surface area contributed by atoms with Crippen LogP contribution in [0.2, 0.25) is 0 Å². The number of carbonyl (C=O) groups is 1. The number of nitriles is 1. The van der Waals surface area contributed by atoms with Crippen LogP contribution in [-0.4, -0.2) is 24.4 Å². The van der Waals surface area contributed by atoms with Gasteiger partial charge in [-0.05, 0) is 16.8 Å². The molecule has 0 atom stereocenters. The van der Waals surface area contributed by atoms with Gasteiger partial charge < -0.3 is 9.32 Å². The van der Waals surface area contributed by atoms with Crippen molar-refractivity contribution in [2.75, 3.05) is 13.6 Å². The van der Waals surface area contributed by atoms with Gasteiger partial charge in [-0.3, -0.25) is 4.79 Å². The standard InChI is InChI=1S/C18H16N2O2/c1-20(10-4-9-19)17(21)11-14-12-22-16-8-7-13-5-2-3-6-15(13)18(14)16/h2-3,5-8,12H,4,10-11H2,1H3. The molecule has 0 radical (unpaired) electrons. The first-order valence-corrected chi connectivity index (χ1v) is 7.19. The summed E-state index contributed by atoms with van der Waals surface area (Å²) in [5, 5.41) is 11.8. The summed E-state index contributed by atoms with van der Waals surface area (Å²) in [7, 11) is 1.72. The third kappa shape index (κ3) is 2.53. The minimum Gasteiger partial charge on any atom is -0.464 e. The number of nitrogens with zero attached hydrogens (tertiary/aromatic N) is 2. The zero-order valence-electron chi connectivity index (χ0n) is 12.4. The van der Waals surface area contributed by atoms with Crippen LogP contribution >= 0.6 is 0 Å². The van der Waals surface area contributed by atoms with Gasteiger partial charge in [0.15, 0.2) is 0 Å². The van der Waals surface area contributed by atoms with Gasteiger partial charge in [0.1, 0.15) is 5.58 Å². The first kappa shape index (κ1) is 14.2. The largest absolute Gasteiger partial charge is 0.464 e. The Morgan fingerprint density at radius 2 is 2.09 bits per heavy atom. The van der Waals surface area contributed by atoms with Gasteiger partial charge in [0.2, 0.25) is 5.91 Å². The second kappa shape index (κ2) is 5.90. The van der Waals surface area contributed by atoms with Gasteiger partial charge in [-0.2, -0.15) is 5.26 Å². The second-order valence-electron chi connectivity index (χ2n) is 5.32. The molecular formula is C18H16N2O2. The summed E-state index contributed by atoms with van der Waals surface area (Å²) >= 11 is 0. The lowest BCUT2D eigenvalue weighted by Crippen LogP contribution is -2.28. The number of likely N-dealkylation sites (N-methyl/N-ethyl adjacent to an activating group) is 1. The molecule has 4 nitrogen and oxygen atoms in total. The average Bonchev–Trinajstić information content (AvgIpc) is 2.96. The molecule has 1 aromatic heterocycles. The fourth-order valence-electron chi connectivity index (χ4n) is 2.64. The highest BCUT2D eigenvalue weighted by molar-refractivity contribution is 6.08. The van der Waals surface area contributed by atoms with E-state index in [0.29, 0.717) is 13.0 Å². The fraction of sp³-hybridized carbons (Fsp3) is 0.222. The summed E-state index contributed by atoms with van der Waals surface area (Å²) in [6.45, 7) is 0.450. The lowest BCUT2D eigenvalue weighted by Gasteiger charge is -2.14. The van der Waals surface area contributed by atoms with Gasteiger partial charge in [-0.1, -0.05) is 30.3 Å². The third-order valence-corrected chi connectivity index (χ3v) is 3.87. The Hall–Kier alpha value is -2.80. The van der Waals surface area contributed by atoms with Crippen LogP contribution in [0.25, 0.3) is 21.7 Å². The molecule has 0 unspecified atom stereocenters. The number of furan rings is 1. The normalized spacial score (nSPS) is 10.7. The van der Waals surface area contributed by atoms with E-state index in [4.69, 9.17) is 9.68 Å². The Morgan fingerprint density at radius 1 is 1.27 bits per heavy atom. The summed E-state index contributed by atoms with van der Waals surface area (Å²) in [6.07, 6.45) is 2.29. The van der Waals surface area contributed by atoms with Gasteiger partial charge in [-0.15, -0.1) is 0 Å². The summed E-state index contributed by atoms with van der Waals surface area (Å²) in [6, 6.07) is 14.1. The molecule has 1 heterocycles. The fourth-order valence-corrected chi connectivity index (χ4v) is 2.64. The predicted molar refractivity (Wildman–Crippen MR) is 85.3 cm³/mol. The molecule has 0 fully saturated rings. The average molecular weight is 292 g/mol. The first-order valence-electron chi connectivity index (χ1n) is 7.19. The van der Waals surface area contributed by atoms with Crippen molar-refractivity contribution in [1.29, 1.82) is 5.26 Å². The van der Waals surface area contributed by atoms with Gasteiger partial charge >= 0.3 is 0 Å². The van der Waals surface area contributed by atoms with Crippen molar-refractivity contribution >= 4 is 27.6 Å². The smallest absolute Gasteiger partial charge is 0.226 e. The van der Waals surface area contributed by atoms with E-state index >= 15 is 0 Å². The van der Waals surface area contributed by atoms with Crippen LogP contribution in [-0.2, 0) is 11.2 Å². The van der Waals surface area contributed by atoms with E-state index < -0.39 is 0 Å². The lowest BCUT2D eigenvalue weighted by atomic mass is 10.0. The number of carbonyl (C=O) groups excluding carboxylic acids is 1. The van der Waals surface area contributed by atoms with Crippen molar-refractivity contribution in [2.24, 2.45) is 0 Å². The van der Waals surface area contributed by atoms with Crippen LogP contribution in [0.4, 0.5) is 0 Å². The van der Waals surface area contributed by atoms with Crippen molar-refractivity contribution in [3.63, 3.8) is 0 Å². The molecule has 1 amide bonds. The highest BCUT2D eigenvalue weighted by Gasteiger charge is 2.15. The molecule has 0 bridgehead atoms. The Balaban J connectivity index is 1.96. The minimum atomic E-state index is -0.00844. The van der Waals surface area contributed by atoms with Crippen LogP contribution in [0.1, 0.15) is 12.0 Å². The zero-order chi connectivity index (χ0) is 15.5. The highest BCUT2D eigenvalue weighted by Crippen LogP contribution is 2.30. The van der Waals surface area contributed by atoms with E-state index in [-0.39, 0.29) is 12.3 Å². The molecule has 0 aliphatic heterocycles. The number of benzene rings is 2. The molecule has 2 aromatic carbocycles. The number of rotatable bonds is 4. The quantitative estimate of drug-likeness (QED) is 0.739. The van der Waals surface area contributed by atoms with Crippen molar-refractivity contribution in [2.45, 2.75) is 12.8 Å². The molecular weight excluding hydrogens is 276 g/mol. The molecule has 0 N–H and O–H groups in total.